The van der Waals surface area contributed by atoms with E-state index in [0.717, 1.165) is 0 Å². The summed E-state index contributed by atoms with van der Waals surface area (Å²) in [6, 6.07) is 0. The van der Waals surface area contributed by atoms with E-state index in [1.165, 1.54) is 0 Å². The first kappa shape index (κ1) is 20.1. The molecule has 7 heteroatoms. The molecule has 0 radical (unpaired) electrons. The number of esters is 2. The topological polar surface area (TPSA) is 80.3 Å². The van der Waals surface area contributed by atoms with Crippen molar-refractivity contribution in [1.82, 2.24) is 0 Å². The molecule has 0 bridgehead atoms. The minimum absolute atomic E-state index is 0.0294. The molecule has 7 nitrogen and oxygen atoms in total. The molecule has 2 saturated heterocycles. The lowest BCUT2D eigenvalue weighted by Crippen LogP contribution is -2.43. The molecular weight excluding hydrogens is 328 g/mol. The van der Waals surface area contributed by atoms with Gasteiger partial charge in [0.15, 0.2) is 24.3 Å². The Labute approximate surface area is 149 Å². The van der Waals surface area contributed by atoms with Gasteiger partial charge in [-0.25, -0.2) is 0 Å². The Kier molecular flexibility index (Phi) is 5.25. The number of fused-ring (bicyclic) bond motifs is 1. The highest BCUT2D eigenvalue weighted by Gasteiger charge is 2.57. The van der Waals surface area contributed by atoms with Crippen LogP contribution in [0.25, 0.3) is 0 Å². The van der Waals surface area contributed by atoms with Crippen molar-refractivity contribution in [2.24, 2.45) is 10.8 Å². The van der Waals surface area contributed by atoms with Gasteiger partial charge in [0.2, 0.25) is 0 Å². The highest BCUT2D eigenvalue weighted by Crippen LogP contribution is 2.39. The second-order valence-corrected chi connectivity index (χ2v) is 9.11. The number of carbonyl (C=O) groups is 2. The third kappa shape index (κ3) is 4.71. The number of hydrogen-bond donors (Lipinski definition) is 0. The molecule has 25 heavy (non-hydrogen) atoms. The van der Waals surface area contributed by atoms with Crippen LogP contribution in [-0.2, 0) is 33.3 Å². The van der Waals surface area contributed by atoms with Gasteiger partial charge < -0.3 is 23.7 Å². The molecule has 0 aromatic carbocycles. The highest BCUT2D eigenvalue weighted by atomic mass is 16.8. The molecule has 0 aromatic heterocycles. The molecule has 2 rings (SSSR count). The van der Waals surface area contributed by atoms with E-state index in [9.17, 15) is 9.59 Å². The van der Waals surface area contributed by atoms with Crippen molar-refractivity contribution in [1.29, 1.82) is 0 Å². The quantitative estimate of drug-likeness (QED) is 0.717. The summed E-state index contributed by atoms with van der Waals surface area (Å²) in [4.78, 5) is 24.3. The number of rotatable bonds is 3. The van der Waals surface area contributed by atoms with Crippen LogP contribution in [0.15, 0.2) is 0 Å². The molecule has 0 aliphatic carbocycles. The molecule has 0 aromatic rings. The van der Waals surface area contributed by atoms with E-state index >= 15 is 0 Å². The van der Waals surface area contributed by atoms with Crippen LogP contribution >= 0.6 is 0 Å². The van der Waals surface area contributed by atoms with Crippen molar-refractivity contribution in [3.05, 3.63) is 0 Å². The molecular formula is C18H30O7. The first-order valence-corrected chi connectivity index (χ1v) is 8.60. The van der Waals surface area contributed by atoms with Gasteiger partial charge in [0.1, 0.15) is 12.7 Å². The zero-order chi connectivity index (χ0) is 19.2. The van der Waals surface area contributed by atoms with E-state index in [4.69, 9.17) is 23.7 Å². The number of carbonyl (C=O) groups excluding carboxylic acids is 2. The van der Waals surface area contributed by atoms with E-state index in [0.29, 0.717) is 0 Å². The van der Waals surface area contributed by atoms with Crippen LogP contribution < -0.4 is 0 Å². The Balaban J connectivity index is 2.10. The third-order valence-electron chi connectivity index (χ3n) is 3.93. The lowest BCUT2D eigenvalue weighted by molar-refractivity contribution is -0.225. The largest absolute Gasteiger partial charge is 0.462 e. The molecule has 0 amide bonds. The first-order chi connectivity index (χ1) is 11.2. The van der Waals surface area contributed by atoms with Crippen LogP contribution in [0.1, 0.15) is 55.4 Å². The average molecular weight is 358 g/mol. The van der Waals surface area contributed by atoms with Crippen LogP contribution in [0.2, 0.25) is 0 Å². The summed E-state index contributed by atoms with van der Waals surface area (Å²) in [7, 11) is 0. The lowest BCUT2D eigenvalue weighted by Gasteiger charge is -2.28. The van der Waals surface area contributed by atoms with Gasteiger partial charge in [0.25, 0.3) is 0 Å². The van der Waals surface area contributed by atoms with Crippen LogP contribution in [0, 0.1) is 10.8 Å². The van der Waals surface area contributed by atoms with Gasteiger partial charge in [0, 0.05) is 0 Å². The molecule has 4 atom stereocenters. The Morgan fingerprint density at radius 1 is 0.960 bits per heavy atom. The Bertz CT molecular complexity index is 527. The van der Waals surface area contributed by atoms with Crippen molar-refractivity contribution in [2.45, 2.75) is 85.8 Å². The first-order valence-electron chi connectivity index (χ1n) is 8.60. The van der Waals surface area contributed by atoms with Gasteiger partial charge in [-0.3, -0.25) is 9.59 Å². The maximum absolute atomic E-state index is 12.3. The molecule has 0 saturated carbocycles. The maximum Gasteiger partial charge on any atom is 0.311 e. The fourth-order valence-electron chi connectivity index (χ4n) is 2.50. The van der Waals surface area contributed by atoms with Crippen molar-refractivity contribution in [2.75, 3.05) is 6.61 Å². The van der Waals surface area contributed by atoms with Crippen molar-refractivity contribution >= 4 is 11.9 Å². The van der Waals surface area contributed by atoms with Crippen molar-refractivity contribution < 1.29 is 33.3 Å². The van der Waals surface area contributed by atoms with Gasteiger partial charge in [-0.2, -0.15) is 0 Å². The maximum atomic E-state index is 12.3. The van der Waals surface area contributed by atoms with Crippen LogP contribution in [-0.4, -0.2) is 48.9 Å². The number of hydrogen-bond acceptors (Lipinski definition) is 7. The molecule has 0 unspecified atom stereocenters. The van der Waals surface area contributed by atoms with E-state index in [2.05, 4.69) is 0 Å². The molecule has 2 heterocycles. The van der Waals surface area contributed by atoms with E-state index in [1.807, 2.05) is 0 Å². The van der Waals surface area contributed by atoms with Gasteiger partial charge in [-0.1, -0.05) is 0 Å². The average Bonchev–Trinajstić information content (AvgIpc) is 2.87. The summed E-state index contributed by atoms with van der Waals surface area (Å²) in [5, 5.41) is 0. The lowest BCUT2D eigenvalue weighted by atomic mass is 9.97. The Hall–Kier alpha value is -1.18. The van der Waals surface area contributed by atoms with Gasteiger partial charge in [-0.15, -0.1) is 0 Å². The normalized spacial score (nSPS) is 31.5. The molecule has 0 spiro atoms. The molecule has 2 aliphatic heterocycles. The summed E-state index contributed by atoms with van der Waals surface area (Å²) >= 11 is 0. The second kappa shape index (κ2) is 6.52. The predicted octanol–water partition coefficient (Wildman–Crippen LogP) is 2.41. The van der Waals surface area contributed by atoms with Gasteiger partial charge in [0.05, 0.1) is 10.8 Å². The zero-order valence-corrected chi connectivity index (χ0v) is 16.4. The van der Waals surface area contributed by atoms with E-state index in [-0.39, 0.29) is 18.5 Å². The minimum Gasteiger partial charge on any atom is -0.462 e. The summed E-state index contributed by atoms with van der Waals surface area (Å²) in [6.07, 6.45) is -2.55. The Morgan fingerprint density at radius 2 is 1.52 bits per heavy atom. The smallest absolute Gasteiger partial charge is 0.311 e. The third-order valence-corrected chi connectivity index (χ3v) is 3.93. The number of ether oxygens (including phenoxy) is 5. The highest BCUT2D eigenvalue weighted by molar-refractivity contribution is 5.76. The fourth-order valence-corrected chi connectivity index (χ4v) is 2.50. The molecule has 0 N–H and O–H groups in total. The minimum atomic E-state index is -0.825. The standard InChI is InChI=1S/C18H30O7/c1-16(2,3)14(19)21-9-10-11(23-15(20)17(4,5)6)12-13(22-10)25-18(7,8)24-12/h10-13H,9H2,1-8H3/t10-,11+,12-,13-/m1/s1. The summed E-state index contributed by atoms with van der Waals surface area (Å²) in [5.74, 6) is -1.55. The van der Waals surface area contributed by atoms with E-state index in [1.54, 1.807) is 55.4 Å². The second-order valence-electron chi connectivity index (χ2n) is 9.11. The van der Waals surface area contributed by atoms with Crippen molar-refractivity contribution in [3.63, 3.8) is 0 Å². The van der Waals surface area contributed by atoms with Gasteiger partial charge in [-0.05, 0) is 55.4 Å². The van der Waals surface area contributed by atoms with Gasteiger partial charge >= 0.3 is 11.9 Å². The fraction of sp³-hybridized carbons (Fsp3) is 0.889. The Morgan fingerprint density at radius 3 is 2.04 bits per heavy atom. The zero-order valence-electron chi connectivity index (χ0n) is 16.4. The summed E-state index contributed by atoms with van der Waals surface area (Å²) in [6.45, 7) is 14.1. The predicted molar refractivity (Wildman–Crippen MR) is 88.4 cm³/mol. The van der Waals surface area contributed by atoms with Crippen LogP contribution in [0.5, 0.6) is 0 Å². The summed E-state index contributed by atoms with van der Waals surface area (Å²) < 4.78 is 28.3. The van der Waals surface area contributed by atoms with Crippen LogP contribution in [0.4, 0.5) is 0 Å². The van der Waals surface area contributed by atoms with Crippen LogP contribution in [0.3, 0.4) is 0 Å². The summed E-state index contributed by atoms with van der Waals surface area (Å²) in [5.41, 5.74) is -1.29. The monoisotopic (exact) mass is 358 g/mol. The molecule has 144 valence electrons. The molecule has 2 fully saturated rings. The van der Waals surface area contributed by atoms with E-state index < -0.39 is 41.2 Å². The molecule has 2 aliphatic rings. The SMILES string of the molecule is CC1(C)O[C@H]2O[C@H](COC(=O)C(C)(C)C)[C@H](OC(=O)C(C)(C)C)[C@H]2O1. The van der Waals surface area contributed by atoms with Crippen molar-refractivity contribution in [3.8, 4) is 0 Å².